The molecular formula is C21H23N5O3. The standard InChI is InChI=1S/C21H23N5O3/c1-13-14(2)25-26(15(13)3)19-8-9-20(24-23-19)29-18-6-4-17(5-7-18)22-21(27)16-10-11-28-12-16/h4-9,16H,10-12H2,1-3H3,(H,22,27). The quantitative estimate of drug-likeness (QED) is 0.715. The summed E-state index contributed by atoms with van der Waals surface area (Å²) in [7, 11) is 0. The minimum atomic E-state index is -0.0780. The number of ether oxygens (including phenoxy) is 2. The molecule has 4 rings (SSSR count). The van der Waals surface area contributed by atoms with E-state index in [1.54, 1.807) is 35.0 Å². The van der Waals surface area contributed by atoms with Crippen LogP contribution in [0.2, 0.25) is 0 Å². The number of hydrogen-bond acceptors (Lipinski definition) is 6. The predicted octanol–water partition coefficient (Wildman–Crippen LogP) is 3.35. The molecule has 29 heavy (non-hydrogen) atoms. The first-order valence-electron chi connectivity index (χ1n) is 9.54. The van der Waals surface area contributed by atoms with Gasteiger partial charge in [-0.1, -0.05) is 0 Å². The lowest BCUT2D eigenvalue weighted by molar-refractivity contribution is -0.119. The molecule has 1 aromatic carbocycles. The van der Waals surface area contributed by atoms with E-state index >= 15 is 0 Å². The Hall–Kier alpha value is -3.26. The van der Waals surface area contributed by atoms with E-state index in [1.165, 1.54) is 0 Å². The number of nitrogens with one attached hydrogen (secondary N) is 1. The fourth-order valence-corrected chi connectivity index (χ4v) is 3.14. The molecule has 1 aliphatic heterocycles. The molecule has 0 aliphatic carbocycles. The Labute approximate surface area is 168 Å². The van der Waals surface area contributed by atoms with Gasteiger partial charge in [0, 0.05) is 24.1 Å². The van der Waals surface area contributed by atoms with E-state index < -0.39 is 0 Å². The van der Waals surface area contributed by atoms with Gasteiger partial charge in [0.15, 0.2) is 5.82 Å². The second-order valence-electron chi connectivity index (χ2n) is 7.11. The van der Waals surface area contributed by atoms with Crippen LogP contribution in [0.4, 0.5) is 5.69 Å². The number of aryl methyl sites for hydroxylation is 1. The van der Waals surface area contributed by atoms with E-state index in [0.29, 0.717) is 30.7 Å². The number of amides is 1. The summed E-state index contributed by atoms with van der Waals surface area (Å²) >= 11 is 0. The monoisotopic (exact) mass is 393 g/mol. The van der Waals surface area contributed by atoms with Crippen LogP contribution >= 0.6 is 0 Å². The summed E-state index contributed by atoms with van der Waals surface area (Å²) in [5, 5.41) is 15.7. The molecule has 0 saturated carbocycles. The largest absolute Gasteiger partial charge is 0.438 e. The first-order valence-corrected chi connectivity index (χ1v) is 9.54. The van der Waals surface area contributed by atoms with Crippen LogP contribution in [0.25, 0.3) is 5.82 Å². The summed E-state index contributed by atoms with van der Waals surface area (Å²) < 4.78 is 12.8. The Bertz CT molecular complexity index is 1010. The van der Waals surface area contributed by atoms with Gasteiger partial charge in [0.25, 0.3) is 0 Å². The molecule has 8 heteroatoms. The Morgan fingerprint density at radius 3 is 2.52 bits per heavy atom. The third kappa shape index (κ3) is 4.12. The van der Waals surface area contributed by atoms with Crippen molar-refractivity contribution in [1.29, 1.82) is 0 Å². The highest BCUT2D eigenvalue weighted by Crippen LogP contribution is 2.23. The molecule has 1 fully saturated rings. The average molecular weight is 393 g/mol. The van der Waals surface area contributed by atoms with Crippen LogP contribution in [0, 0.1) is 26.7 Å². The molecular weight excluding hydrogens is 370 g/mol. The highest BCUT2D eigenvalue weighted by Gasteiger charge is 2.23. The van der Waals surface area contributed by atoms with Gasteiger partial charge in [-0.15, -0.1) is 10.2 Å². The van der Waals surface area contributed by atoms with Crippen molar-refractivity contribution >= 4 is 11.6 Å². The summed E-state index contributed by atoms with van der Waals surface area (Å²) in [6.45, 7) is 7.13. The van der Waals surface area contributed by atoms with Gasteiger partial charge >= 0.3 is 0 Å². The Kier molecular flexibility index (Phi) is 5.26. The van der Waals surface area contributed by atoms with E-state index in [2.05, 4.69) is 20.6 Å². The molecule has 1 amide bonds. The number of nitrogens with zero attached hydrogens (tertiary/aromatic N) is 4. The van der Waals surface area contributed by atoms with Gasteiger partial charge in [-0.3, -0.25) is 4.79 Å². The van der Waals surface area contributed by atoms with Crippen molar-refractivity contribution in [3.05, 3.63) is 53.3 Å². The lowest BCUT2D eigenvalue weighted by Gasteiger charge is -2.10. The molecule has 1 N–H and O–H groups in total. The minimum Gasteiger partial charge on any atom is -0.438 e. The van der Waals surface area contributed by atoms with Crippen LogP contribution in [-0.4, -0.2) is 39.1 Å². The van der Waals surface area contributed by atoms with Crippen molar-refractivity contribution in [3.63, 3.8) is 0 Å². The van der Waals surface area contributed by atoms with E-state index in [0.717, 1.165) is 29.1 Å². The third-order valence-corrected chi connectivity index (χ3v) is 5.14. The Morgan fingerprint density at radius 2 is 1.93 bits per heavy atom. The topological polar surface area (TPSA) is 91.2 Å². The first-order chi connectivity index (χ1) is 14.0. The number of rotatable bonds is 5. The molecule has 0 spiro atoms. The number of aromatic nitrogens is 4. The molecule has 2 aromatic heterocycles. The number of benzene rings is 1. The number of anilines is 1. The fraction of sp³-hybridized carbons (Fsp3) is 0.333. The molecule has 1 atom stereocenters. The molecule has 0 bridgehead atoms. The molecule has 0 radical (unpaired) electrons. The second-order valence-corrected chi connectivity index (χ2v) is 7.11. The summed E-state index contributed by atoms with van der Waals surface area (Å²) in [6, 6.07) is 10.7. The van der Waals surface area contributed by atoms with Crippen molar-refractivity contribution in [2.45, 2.75) is 27.2 Å². The molecule has 150 valence electrons. The van der Waals surface area contributed by atoms with E-state index in [1.807, 2.05) is 26.8 Å². The SMILES string of the molecule is Cc1nn(-c2ccc(Oc3ccc(NC(=O)C4CCOC4)cc3)nn2)c(C)c1C. The van der Waals surface area contributed by atoms with E-state index in [4.69, 9.17) is 9.47 Å². The van der Waals surface area contributed by atoms with Gasteiger partial charge in [0.05, 0.1) is 18.2 Å². The number of carbonyl (C=O) groups excluding carboxylic acids is 1. The van der Waals surface area contributed by atoms with Gasteiger partial charge < -0.3 is 14.8 Å². The zero-order valence-electron chi connectivity index (χ0n) is 16.7. The van der Waals surface area contributed by atoms with Crippen molar-refractivity contribution in [1.82, 2.24) is 20.0 Å². The van der Waals surface area contributed by atoms with Crippen LogP contribution < -0.4 is 10.1 Å². The Balaban J connectivity index is 1.40. The predicted molar refractivity (Wildman–Crippen MR) is 107 cm³/mol. The summed E-state index contributed by atoms with van der Waals surface area (Å²) in [6.07, 6.45) is 0.763. The normalized spacial score (nSPS) is 16.0. The lowest BCUT2D eigenvalue weighted by atomic mass is 10.1. The zero-order chi connectivity index (χ0) is 20.4. The summed E-state index contributed by atoms with van der Waals surface area (Å²) in [4.78, 5) is 12.1. The zero-order valence-corrected chi connectivity index (χ0v) is 16.7. The Morgan fingerprint density at radius 1 is 1.14 bits per heavy atom. The molecule has 1 aliphatic rings. The van der Waals surface area contributed by atoms with E-state index in [9.17, 15) is 4.79 Å². The van der Waals surface area contributed by atoms with Crippen molar-refractivity contribution in [3.8, 4) is 17.4 Å². The average Bonchev–Trinajstić information content (AvgIpc) is 3.35. The van der Waals surface area contributed by atoms with Gasteiger partial charge in [-0.05, 0) is 63.1 Å². The van der Waals surface area contributed by atoms with Crippen LogP contribution in [0.3, 0.4) is 0 Å². The highest BCUT2D eigenvalue weighted by atomic mass is 16.5. The summed E-state index contributed by atoms with van der Waals surface area (Å²) in [5.74, 6) is 1.53. The van der Waals surface area contributed by atoms with Crippen molar-refractivity contribution in [2.75, 3.05) is 18.5 Å². The molecule has 8 nitrogen and oxygen atoms in total. The maximum absolute atomic E-state index is 12.1. The second kappa shape index (κ2) is 8.00. The fourth-order valence-electron chi connectivity index (χ4n) is 3.14. The lowest BCUT2D eigenvalue weighted by Crippen LogP contribution is -2.22. The third-order valence-electron chi connectivity index (χ3n) is 5.14. The first kappa shape index (κ1) is 19.1. The number of hydrogen-bond donors (Lipinski definition) is 1. The van der Waals surface area contributed by atoms with Gasteiger partial charge in [0.1, 0.15) is 5.75 Å². The van der Waals surface area contributed by atoms with E-state index in [-0.39, 0.29) is 11.8 Å². The molecule has 1 saturated heterocycles. The number of carbonyl (C=O) groups is 1. The van der Waals surface area contributed by atoms with Crippen LogP contribution in [0.5, 0.6) is 11.6 Å². The van der Waals surface area contributed by atoms with Gasteiger partial charge in [0.2, 0.25) is 11.8 Å². The minimum absolute atomic E-state index is 0.0167. The van der Waals surface area contributed by atoms with Gasteiger partial charge in [-0.2, -0.15) is 5.10 Å². The van der Waals surface area contributed by atoms with Crippen LogP contribution in [0.1, 0.15) is 23.4 Å². The maximum atomic E-state index is 12.1. The van der Waals surface area contributed by atoms with Crippen molar-refractivity contribution in [2.24, 2.45) is 5.92 Å². The van der Waals surface area contributed by atoms with Crippen molar-refractivity contribution < 1.29 is 14.3 Å². The smallest absolute Gasteiger partial charge is 0.238 e. The highest BCUT2D eigenvalue weighted by molar-refractivity contribution is 5.92. The van der Waals surface area contributed by atoms with Gasteiger partial charge in [-0.25, -0.2) is 4.68 Å². The molecule has 3 heterocycles. The molecule has 3 aromatic rings. The van der Waals surface area contributed by atoms with Crippen LogP contribution in [0.15, 0.2) is 36.4 Å². The maximum Gasteiger partial charge on any atom is 0.238 e. The summed E-state index contributed by atoms with van der Waals surface area (Å²) in [5.41, 5.74) is 3.86. The van der Waals surface area contributed by atoms with Crippen LogP contribution in [-0.2, 0) is 9.53 Å². The molecule has 1 unspecified atom stereocenters.